The number of nitrogens with zero attached hydrogens (tertiary/aromatic N) is 1. The van der Waals surface area contributed by atoms with Gasteiger partial charge in [0.1, 0.15) is 30.6 Å². The third-order valence-corrected chi connectivity index (χ3v) is 4.62. The molecule has 2 fully saturated rings. The van der Waals surface area contributed by atoms with Gasteiger partial charge in [0, 0.05) is 18.2 Å². The van der Waals surface area contributed by atoms with E-state index in [-0.39, 0.29) is 6.42 Å². The largest absolute Gasteiger partial charge is 0.394 e. The summed E-state index contributed by atoms with van der Waals surface area (Å²) in [6.45, 7) is 0.644. The van der Waals surface area contributed by atoms with Gasteiger partial charge in [-0.25, -0.2) is 4.79 Å². The molecular weight excluding hydrogens is 352 g/mol. The minimum absolute atomic E-state index is 0.142. The van der Waals surface area contributed by atoms with Gasteiger partial charge in [-0.15, -0.1) is 0 Å². The summed E-state index contributed by atoms with van der Waals surface area (Å²) in [6.07, 6.45) is -5.71. The molecule has 26 heavy (non-hydrogen) atoms. The maximum Gasteiger partial charge on any atom is 0.330 e. The fourth-order valence-electron chi connectivity index (χ4n) is 3.13. The number of hydrogen-bond donors (Lipinski definition) is 5. The van der Waals surface area contributed by atoms with E-state index in [0.29, 0.717) is 5.56 Å². The van der Waals surface area contributed by atoms with Crippen LogP contribution in [-0.4, -0.2) is 80.0 Å². The van der Waals surface area contributed by atoms with Crippen molar-refractivity contribution in [3.8, 4) is 0 Å². The fraction of sp³-hybridized carbons (Fsp3) is 0.733. The Morgan fingerprint density at radius 1 is 1.19 bits per heavy atom. The van der Waals surface area contributed by atoms with Crippen LogP contribution >= 0.6 is 0 Å². The Labute approximate surface area is 147 Å². The average Bonchev–Trinajstić information content (AvgIpc) is 3.14. The van der Waals surface area contributed by atoms with Crippen LogP contribution in [-0.2, 0) is 14.2 Å². The first-order chi connectivity index (χ1) is 12.3. The van der Waals surface area contributed by atoms with E-state index in [9.17, 15) is 24.9 Å². The van der Waals surface area contributed by atoms with Crippen molar-refractivity contribution in [3.63, 3.8) is 0 Å². The third-order valence-electron chi connectivity index (χ3n) is 4.62. The smallest absolute Gasteiger partial charge is 0.330 e. The number of hydrogen-bond acceptors (Lipinski definition) is 9. The minimum Gasteiger partial charge on any atom is -0.394 e. The van der Waals surface area contributed by atoms with Gasteiger partial charge < -0.3 is 34.6 Å². The highest BCUT2D eigenvalue weighted by atomic mass is 16.7. The van der Waals surface area contributed by atoms with Crippen LogP contribution < -0.4 is 11.2 Å². The van der Waals surface area contributed by atoms with Crippen molar-refractivity contribution >= 4 is 0 Å². The quantitative estimate of drug-likeness (QED) is 0.360. The topological polar surface area (TPSA) is 163 Å². The molecule has 0 amide bonds. The van der Waals surface area contributed by atoms with Crippen LogP contribution in [0.2, 0.25) is 0 Å². The summed E-state index contributed by atoms with van der Waals surface area (Å²) in [5.41, 5.74) is -0.834. The van der Waals surface area contributed by atoms with Crippen LogP contribution in [0.25, 0.3) is 0 Å². The maximum atomic E-state index is 12.0. The zero-order chi connectivity index (χ0) is 19.0. The number of nitrogens with one attached hydrogen (secondary N) is 1. The Morgan fingerprint density at radius 2 is 1.88 bits per heavy atom. The molecule has 11 heteroatoms. The van der Waals surface area contributed by atoms with Gasteiger partial charge in [-0.05, 0) is 6.92 Å². The van der Waals surface area contributed by atoms with Gasteiger partial charge in [0.15, 0.2) is 6.29 Å². The van der Waals surface area contributed by atoms with Crippen molar-refractivity contribution in [2.45, 2.75) is 56.4 Å². The fourth-order valence-corrected chi connectivity index (χ4v) is 3.13. The van der Waals surface area contributed by atoms with E-state index < -0.39 is 67.5 Å². The Bertz CT molecular complexity index is 747. The molecule has 3 heterocycles. The number of aliphatic hydroxyl groups excluding tert-OH is 4. The van der Waals surface area contributed by atoms with Crippen LogP contribution in [0.1, 0.15) is 18.2 Å². The predicted molar refractivity (Wildman–Crippen MR) is 84.3 cm³/mol. The van der Waals surface area contributed by atoms with Crippen LogP contribution in [0, 0.1) is 6.92 Å². The zero-order valence-electron chi connectivity index (χ0n) is 14.0. The molecular formula is C15H22N2O9. The molecule has 0 aromatic carbocycles. The molecule has 2 aliphatic rings. The molecule has 5 N–H and O–H groups in total. The van der Waals surface area contributed by atoms with Gasteiger partial charge in [-0.2, -0.15) is 0 Å². The van der Waals surface area contributed by atoms with E-state index in [0.717, 1.165) is 0 Å². The molecule has 1 aromatic heterocycles. The molecule has 0 radical (unpaired) electrons. The van der Waals surface area contributed by atoms with Gasteiger partial charge in [0.25, 0.3) is 5.56 Å². The average molecular weight is 374 g/mol. The number of aliphatic hydroxyl groups is 4. The molecule has 2 saturated heterocycles. The predicted octanol–water partition coefficient (Wildman–Crippen LogP) is -3.05. The number of H-pyrrole nitrogens is 1. The molecule has 3 rings (SSSR count). The van der Waals surface area contributed by atoms with Crippen LogP contribution in [0.15, 0.2) is 15.8 Å². The summed E-state index contributed by atoms with van der Waals surface area (Å²) in [6, 6.07) is 0. The highest BCUT2D eigenvalue weighted by Gasteiger charge is 2.47. The molecule has 2 aliphatic heterocycles. The van der Waals surface area contributed by atoms with Crippen molar-refractivity contribution in [2.24, 2.45) is 0 Å². The SMILES string of the molecule is Cc1cn([C@H]2C[C@H](O[C@@H]3O[C@H](CO)[C@@H](O)[C@H]3O)[C@@H](CO)O2)c(=O)[nH]c1=O. The summed E-state index contributed by atoms with van der Waals surface area (Å²) in [4.78, 5) is 25.7. The van der Waals surface area contributed by atoms with E-state index in [1.54, 1.807) is 6.92 Å². The van der Waals surface area contributed by atoms with Crippen molar-refractivity contribution < 1.29 is 34.6 Å². The van der Waals surface area contributed by atoms with Gasteiger partial charge in [0.05, 0.1) is 19.3 Å². The van der Waals surface area contributed by atoms with Crippen molar-refractivity contribution in [1.29, 1.82) is 0 Å². The normalized spacial score (nSPS) is 37.3. The lowest BCUT2D eigenvalue weighted by Crippen LogP contribution is -2.38. The summed E-state index contributed by atoms with van der Waals surface area (Å²) in [5, 5.41) is 38.4. The van der Waals surface area contributed by atoms with Crippen LogP contribution in [0.5, 0.6) is 0 Å². The van der Waals surface area contributed by atoms with Crippen molar-refractivity contribution in [2.75, 3.05) is 13.2 Å². The number of aromatic amines is 1. The lowest BCUT2D eigenvalue weighted by molar-refractivity contribution is -0.204. The Balaban J connectivity index is 1.75. The van der Waals surface area contributed by atoms with Crippen LogP contribution in [0.3, 0.4) is 0 Å². The van der Waals surface area contributed by atoms with Gasteiger partial charge >= 0.3 is 5.69 Å². The van der Waals surface area contributed by atoms with Gasteiger partial charge in [-0.1, -0.05) is 0 Å². The molecule has 0 saturated carbocycles. The van der Waals surface area contributed by atoms with Crippen molar-refractivity contribution in [1.82, 2.24) is 9.55 Å². The maximum absolute atomic E-state index is 12.0. The molecule has 1 aromatic rings. The lowest BCUT2D eigenvalue weighted by atomic mass is 10.1. The van der Waals surface area contributed by atoms with E-state index in [4.69, 9.17) is 19.3 Å². The number of aryl methyl sites for hydroxylation is 1. The van der Waals surface area contributed by atoms with Crippen molar-refractivity contribution in [3.05, 3.63) is 32.6 Å². The Kier molecular flexibility index (Phi) is 5.58. The number of ether oxygens (including phenoxy) is 3. The van der Waals surface area contributed by atoms with E-state index in [2.05, 4.69) is 4.98 Å². The molecule has 7 atom stereocenters. The van der Waals surface area contributed by atoms with E-state index in [1.807, 2.05) is 0 Å². The van der Waals surface area contributed by atoms with Gasteiger partial charge in [-0.3, -0.25) is 14.3 Å². The summed E-state index contributed by atoms with van der Waals surface area (Å²) >= 11 is 0. The first-order valence-corrected chi connectivity index (χ1v) is 8.22. The molecule has 0 spiro atoms. The highest BCUT2D eigenvalue weighted by Crippen LogP contribution is 2.33. The molecule has 146 valence electrons. The Hall–Kier alpha value is -1.60. The van der Waals surface area contributed by atoms with E-state index in [1.165, 1.54) is 10.8 Å². The summed E-state index contributed by atoms with van der Waals surface area (Å²) in [5.74, 6) is 0. The lowest BCUT2D eigenvalue weighted by Gasteiger charge is -2.22. The van der Waals surface area contributed by atoms with Crippen LogP contribution in [0.4, 0.5) is 0 Å². The first kappa shape index (κ1) is 19.2. The zero-order valence-corrected chi connectivity index (χ0v) is 14.0. The molecule has 11 nitrogen and oxygen atoms in total. The van der Waals surface area contributed by atoms with E-state index >= 15 is 0 Å². The minimum atomic E-state index is -1.37. The van der Waals surface area contributed by atoms with Gasteiger partial charge in [0.2, 0.25) is 0 Å². The summed E-state index contributed by atoms with van der Waals surface area (Å²) < 4.78 is 17.7. The first-order valence-electron chi connectivity index (χ1n) is 8.22. The number of rotatable bonds is 5. The third kappa shape index (κ3) is 3.47. The molecule has 0 aliphatic carbocycles. The molecule has 0 bridgehead atoms. The summed E-state index contributed by atoms with van der Waals surface area (Å²) in [7, 11) is 0. The standard InChI is InChI=1S/C15H22N2O9/c1-6-3-17(15(23)16-13(6)22)10-2-7(8(4-18)24-10)25-14-12(21)11(20)9(5-19)26-14/h3,7-12,14,18-21H,2,4-5H2,1H3,(H,16,22,23)/t7-,8+,9+,10+,11+,12+,14+/m0/s1. The monoisotopic (exact) mass is 374 g/mol. The second-order valence-corrected chi connectivity index (χ2v) is 6.41. The number of aromatic nitrogens is 2. The molecule has 0 unspecified atom stereocenters. The second kappa shape index (κ2) is 7.56. The highest BCUT2D eigenvalue weighted by molar-refractivity contribution is 5.02. The second-order valence-electron chi connectivity index (χ2n) is 6.41. The Morgan fingerprint density at radius 3 is 2.50 bits per heavy atom.